The lowest BCUT2D eigenvalue weighted by atomic mass is 10.0. The van der Waals surface area contributed by atoms with Crippen molar-refractivity contribution in [3.05, 3.63) is 28.2 Å². The Balaban J connectivity index is 2.96. The van der Waals surface area contributed by atoms with Gasteiger partial charge >= 0.3 is 0 Å². The summed E-state index contributed by atoms with van der Waals surface area (Å²) in [4.78, 5) is 12.0. The van der Waals surface area contributed by atoms with E-state index in [-0.39, 0.29) is 11.8 Å². The molecule has 1 rings (SSSR count). The van der Waals surface area contributed by atoms with Gasteiger partial charge < -0.3 is 10.1 Å². The largest absolute Gasteiger partial charge is 0.496 e. The number of carbonyl (C=O) groups excluding carboxylic acids is 1. The molecule has 88 valence electrons. The van der Waals surface area contributed by atoms with Crippen LogP contribution in [0.1, 0.15) is 23.7 Å². The molecular formula is C12H16BrNO2. The van der Waals surface area contributed by atoms with E-state index in [1.54, 1.807) is 32.4 Å². The van der Waals surface area contributed by atoms with E-state index in [4.69, 9.17) is 4.74 Å². The standard InChI is InChI=1S/C12H16BrNO2/c1-4-10(14-2)12(15)8-5-6-11(16-3)9(13)7-8/h5-7,10,14H,4H2,1-3H3. The van der Waals surface area contributed by atoms with Gasteiger partial charge in [0.25, 0.3) is 0 Å². The van der Waals surface area contributed by atoms with E-state index < -0.39 is 0 Å². The molecule has 0 fully saturated rings. The maximum atomic E-state index is 12.0. The van der Waals surface area contributed by atoms with Crippen molar-refractivity contribution in [3.63, 3.8) is 0 Å². The number of benzene rings is 1. The van der Waals surface area contributed by atoms with Gasteiger partial charge in [0.2, 0.25) is 0 Å². The van der Waals surface area contributed by atoms with Gasteiger partial charge in [0.05, 0.1) is 17.6 Å². The summed E-state index contributed by atoms with van der Waals surface area (Å²) in [7, 11) is 3.40. The van der Waals surface area contributed by atoms with E-state index in [9.17, 15) is 4.79 Å². The lowest BCUT2D eigenvalue weighted by molar-refractivity contribution is 0.0945. The predicted octanol–water partition coefficient (Wildman–Crippen LogP) is 2.64. The first-order chi connectivity index (χ1) is 7.63. The number of nitrogens with one attached hydrogen (secondary N) is 1. The van der Waals surface area contributed by atoms with Crippen molar-refractivity contribution in [3.8, 4) is 5.75 Å². The molecule has 0 aliphatic carbocycles. The number of halogens is 1. The number of Topliss-reactive ketones (excluding diaryl/α,β-unsaturated/α-hetero) is 1. The fourth-order valence-corrected chi connectivity index (χ4v) is 2.08. The van der Waals surface area contributed by atoms with Gasteiger partial charge in [-0.05, 0) is 47.6 Å². The smallest absolute Gasteiger partial charge is 0.179 e. The monoisotopic (exact) mass is 285 g/mol. The number of likely N-dealkylation sites (N-methyl/N-ethyl adjacent to an activating group) is 1. The zero-order valence-electron chi connectivity index (χ0n) is 9.71. The Morgan fingerprint density at radius 3 is 2.69 bits per heavy atom. The number of ether oxygens (including phenoxy) is 1. The van der Waals surface area contributed by atoms with Gasteiger partial charge in [0.15, 0.2) is 5.78 Å². The van der Waals surface area contributed by atoms with Crippen molar-refractivity contribution in [1.29, 1.82) is 0 Å². The van der Waals surface area contributed by atoms with Crippen molar-refractivity contribution in [1.82, 2.24) is 5.32 Å². The summed E-state index contributed by atoms with van der Waals surface area (Å²) in [6, 6.07) is 5.24. The second-order valence-electron chi connectivity index (χ2n) is 3.46. The van der Waals surface area contributed by atoms with Gasteiger partial charge in [-0.2, -0.15) is 0 Å². The number of hydrogen-bond acceptors (Lipinski definition) is 3. The fraction of sp³-hybridized carbons (Fsp3) is 0.417. The van der Waals surface area contributed by atoms with Crippen LogP contribution in [0.2, 0.25) is 0 Å². The second kappa shape index (κ2) is 6.01. The molecule has 0 amide bonds. The fourth-order valence-electron chi connectivity index (χ4n) is 1.54. The normalized spacial score (nSPS) is 12.2. The molecule has 0 saturated heterocycles. The van der Waals surface area contributed by atoms with Crippen LogP contribution in [-0.4, -0.2) is 26.0 Å². The van der Waals surface area contributed by atoms with Crippen LogP contribution in [0.3, 0.4) is 0 Å². The molecule has 0 saturated carbocycles. The van der Waals surface area contributed by atoms with E-state index in [1.807, 2.05) is 6.92 Å². The van der Waals surface area contributed by atoms with E-state index in [1.165, 1.54) is 0 Å². The third-order valence-corrected chi connectivity index (χ3v) is 3.13. The third-order valence-electron chi connectivity index (χ3n) is 2.51. The first-order valence-corrected chi connectivity index (χ1v) is 5.98. The zero-order chi connectivity index (χ0) is 12.1. The van der Waals surface area contributed by atoms with Gasteiger partial charge in [-0.15, -0.1) is 0 Å². The number of rotatable bonds is 5. The predicted molar refractivity (Wildman–Crippen MR) is 68.2 cm³/mol. The van der Waals surface area contributed by atoms with Gasteiger partial charge in [-0.1, -0.05) is 6.92 Å². The Labute approximate surface area is 104 Å². The molecule has 0 radical (unpaired) electrons. The first-order valence-electron chi connectivity index (χ1n) is 5.19. The number of hydrogen-bond donors (Lipinski definition) is 1. The lowest BCUT2D eigenvalue weighted by Gasteiger charge is -2.13. The number of carbonyl (C=O) groups is 1. The minimum Gasteiger partial charge on any atom is -0.496 e. The van der Waals surface area contributed by atoms with Crippen molar-refractivity contribution < 1.29 is 9.53 Å². The molecule has 4 heteroatoms. The molecule has 0 aromatic heterocycles. The summed E-state index contributed by atoms with van der Waals surface area (Å²) in [5, 5.41) is 3.00. The van der Waals surface area contributed by atoms with Gasteiger partial charge in [0.1, 0.15) is 5.75 Å². The Bertz CT molecular complexity index is 375. The maximum Gasteiger partial charge on any atom is 0.179 e. The lowest BCUT2D eigenvalue weighted by Crippen LogP contribution is -2.33. The molecule has 1 unspecified atom stereocenters. The molecule has 0 heterocycles. The highest BCUT2D eigenvalue weighted by atomic mass is 79.9. The highest BCUT2D eigenvalue weighted by Crippen LogP contribution is 2.26. The topological polar surface area (TPSA) is 38.3 Å². The average Bonchev–Trinajstić information content (AvgIpc) is 2.30. The molecule has 1 N–H and O–H groups in total. The first kappa shape index (κ1) is 13.2. The summed E-state index contributed by atoms with van der Waals surface area (Å²) in [6.07, 6.45) is 0.777. The van der Waals surface area contributed by atoms with Crippen LogP contribution in [0.15, 0.2) is 22.7 Å². The van der Waals surface area contributed by atoms with Crippen LogP contribution in [0.5, 0.6) is 5.75 Å². The van der Waals surface area contributed by atoms with E-state index in [0.717, 1.165) is 16.6 Å². The Morgan fingerprint density at radius 1 is 1.56 bits per heavy atom. The van der Waals surface area contributed by atoms with Crippen molar-refractivity contribution in [2.75, 3.05) is 14.2 Å². The van der Waals surface area contributed by atoms with Crippen LogP contribution in [-0.2, 0) is 0 Å². The van der Waals surface area contributed by atoms with E-state index in [0.29, 0.717) is 5.56 Å². The van der Waals surface area contributed by atoms with Gasteiger partial charge in [0, 0.05) is 5.56 Å². The summed E-state index contributed by atoms with van der Waals surface area (Å²) >= 11 is 3.37. The van der Waals surface area contributed by atoms with Crippen LogP contribution >= 0.6 is 15.9 Å². The molecular weight excluding hydrogens is 270 g/mol. The Morgan fingerprint density at radius 2 is 2.25 bits per heavy atom. The molecule has 0 aliphatic rings. The SMILES string of the molecule is CCC(NC)C(=O)c1ccc(OC)c(Br)c1. The summed E-state index contributed by atoms with van der Waals surface area (Å²) in [5.74, 6) is 0.836. The molecule has 1 aromatic carbocycles. The minimum absolute atomic E-state index is 0.105. The second-order valence-corrected chi connectivity index (χ2v) is 4.32. The number of ketones is 1. The quantitative estimate of drug-likeness (QED) is 0.846. The van der Waals surface area contributed by atoms with Crippen molar-refractivity contribution in [2.45, 2.75) is 19.4 Å². The van der Waals surface area contributed by atoms with Gasteiger partial charge in [-0.3, -0.25) is 4.79 Å². The van der Waals surface area contributed by atoms with Crippen molar-refractivity contribution >= 4 is 21.7 Å². The minimum atomic E-state index is -0.125. The molecule has 1 atom stereocenters. The zero-order valence-corrected chi connectivity index (χ0v) is 11.3. The maximum absolute atomic E-state index is 12.0. The van der Waals surface area contributed by atoms with Crippen LogP contribution in [0.4, 0.5) is 0 Å². The van der Waals surface area contributed by atoms with E-state index >= 15 is 0 Å². The highest BCUT2D eigenvalue weighted by molar-refractivity contribution is 9.10. The van der Waals surface area contributed by atoms with Crippen LogP contribution in [0, 0.1) is 0 Å². The molecule has 0 spiro atoms. The molecule has 0 bridgehead atoms. The molecule has 3 nitrogen and oxygen atoms in total. The van der Waals surface area contributed by atoms with Crippen LogP contribution in [0.25, 0.3) is 0 Å². The average molecular weight is 286 g/mol. The van der Waals surface area contributed by atoms with Gasteiger partial charge in [-0.25, -0.2) is 0 Å². The van der Waals surface area contributed by atoms with Crippen LogP contribution < -0.4 is 10.1 Å². The summed E-state index contributed by atoms with van der Waals surface area (Å²) in [6.45, 7) is 1.98. The summed E-state index contributed by atoms with van der Waals surface area (Å²) in [5.41, 5.74) is 0.689. The molecule has 0 aliphatic heterocycles. The number of methoxy groups -OCH3 is 1. The molecule has 16 heavy (non-hydrogen) atoms. The van der Waals surface area contributed by atoms with E-state index in [2.05, 4.69) is 21.2 Å². The Kier molecular flexibility index (Phi) is 4.96. The summed E-state index contributed by atoms with van der Waals surface area (Å²) < 4.78 is 5.92. The Hall–Kier alpha value is -0.870. The molecule has 1 aromatic rings. The third kappa shape index (κ3) is 2.83. The highest BCUT2D eigenvalue weighted by Gasteiger charge is 2.17. The van der Waals surface area contributed by atoms with Crippen molar-refractivity contribution in [2.24, 2.45) is 0 Å².